The number of hydrogen-bond donors (Lipinski definition) is 0. The van der Waals surface area contributed by atoms with E-state index in [1.54, 1.807) is 0 Å². The molecule has 121 valence electrons. The number of ether oxygens (including phenoxy) is 1. The maximum absolute atomic E-state index is 12.5. The van der Waals surface area contributed by atoms with Crippen LogP contribution in [-0.4, -0.2) is 4.92 Å². The number of nitro groups is 1. The predicted octanol–water partition coefficient (Wildman–Crippen LogP) is 4.99. The van der Waals surface area contributed by atoms with Gasteiger partial charge in [-0.15, -0.1) is 0 Å². The van der Waals surface area contributed by atoms with Gasteiger partial charge in [-0.2, -0.15) is 13.2 Å². The average molecular weight is 347 g/mol. The zero-order valence-corrected chi connectivity index (χ0v) is 12.0. The molecule has 0 N–H and O–H groups in total. The molecule has 0 aliphatic rings. The molecular formula is C14H8ClF3NO4. The minimum atomic E-state index is -4.54. The second kappa shape index (κ2) is 6.43. The molecule has 0 aromatic heterocycles. The second-order valence-electron chi connectivity index (χ2n) is 4.44. The van der Waals surface area contributed by atoms with Crippen LogP contribution >= 0.6 is 11.6 Å². The molecule has 0 spiro atoms. The summed E-state index contributed by atoms with van der Waals surface area (Å²) in [6, 6.07) is 5.99. The zero-order chi connectivity index (χ0) is 17.2. The van der Waals surface area contributed by atoms with E-state index < -0.39 is 23.3 Å². The molecule has 0 aliphatic carbocycles. The van der Waals surface area contributed by atoms with E-state index in [2.05, 4.69) is 0 Å². The van der Waals surface area contributed by atoms with Gasteiger partial charge in [-0.25, -0.2) is 5.11 Å². The summed E-state index contributed by atoms with van der Waals surface area (Å²) in [5, 5.41) is 21.4. The van der Waals surface area contributed by atoms with Crippen LogP contribution in [0.25, 0.3) is 0 Å². The van der Waals surface area contributed by atoms with E-state index in [0.29, 0.717) is 6.07 Å². The lowest BCUT2D eigenvalue weighted by atomic mass is 10.2. The maximum Gasteiger partial charge on any atom is 0.416 e. The van der Waals surface area contributed by atoms with Crippen LogP contribution in [0.2, 0.25) is 5.02 Å². The van der Waals surface area contributed by atoms with Crippen molar-refractivity contribution in [2.75, 3.05) is 0 Å². The number of alkyl halides is 3. The van der Waals surface area contributed by atoms with E-state index in [9.17, 15) is 28.4 Å². The van der Waals surface area contributed by atoms with Crippen LogP contribution in [0.5, 0.6) is 11.5 Å². The van der Waals surface area contributed by atoms with Gasteiger partial charge in [0.15, 0.2) is 0 Å². The van der Waals surface area contributed by atoms with Gasteiger partial charge in [-0.1, -0.05) is 11.6 Å². The monoisotopic (exact) mass is 346 g/mol. The topological polar surface area (TPSA) is 72.3 Å². The third-order valence-corrected chi connectivity index (χ3v) is 3.19. The van der Waals surface area contributed by atoms with Gasteiger partial charge in [-0.3, -0.25) is 10.1 Å². The van der Waals surface area contributed by atoms with Crippen LogP contribution in [0.1, 0.15) is 11.1 Å². The molecule has 0 bridgehead atoms. The second-order valence-corrected chi connectivity index (χ2v) is 4.84. The van der Waals surface area contributed by atoms with Crippen LogP contribution in [-0.2, 0) is 17.9 Å². The molecule has 0 amide bonds. The van der Waals surface area contributed by atoms with E-state index in [-0.39, 0.29) is 27.8 Å². The van der Waals surface area contributed by atoms with Crippen molar-refractivity contribution in [1.82, 2.24) is 0 Å². The summed E-state index contributed by atoms with van der Waals surface area (Å²) in [6.45, 7) is -0.839. The van der Waals surface area contributed by atoms with Gasteiger partial charge in [0.05, 0.1) is 21.1 Å². The third-order valence-electron chi connectivity index (χ3n) is 2.89. The number of benzene rings is 2. The Morgan fingerprint density at radius 1 is 1.17 bits per heavy atom. The van der Waals surface area contributed by atoms with E-state index >= 15 is 0 Å². The molecule has 1 radical (unpaired) electrons. The van der Waals surface area contributed by atoms with Crippen molar-refractivity contribution >= 4 is 17.3 Å². The van der Waals surface area contributed by atoms with Gasteiger partial charge in [0.1, 0.15) is 18.1 Å². The molecule has 2 aromatic rings. The molecule has 2 rings (SSSR count). The molecular weight excluding hydrogens is 339 g/mol. The summed E-state index contributed by atoms with van der Waals surface area (Å²) < 4.78 is 42.9. The van der Waals surface area contributed by atoms with Gasteiger partial charge in [0, 0.05) is 6.07 Å². The highest BCUT2D eigenvalue weighted by Crippen LogP contribution is 2.37. The first-order chi connectivity index (χ1) is 10.7. The first kappa shape index (κ1) is 17.0. The highest BCUT2D eigenvalue weighted by atomic mass is 35.5. The molecule has 0 unspecified atom stereocenters. The Labute approximate surface area is 133 Å². The Bertz CT molecular complexity index is 749. The maximum atomic E-state index is 12.5. The first-order valence-corrected chi connectivity index (χ1v) is 6.50. The van der Waals surface area contributed by atoms with Crippen molar-refractivity contribution in [2.24, 2.45) is 0 Å². The SMILES string of the molecule is [O]Cc1cc(Oc2ccc(C(F)(F)F)cc2Cl)ccc1[N+](=O)[O-]. The van der Waals surface area contributed by atoms with Gasteiger partial charge >= 0.3 is 6.18 Å². The fourth-order valence-corrected chi connectivity index (χ4v) is 2.03. The van der Waals surface area contributed by atoms with Crippen molar-refractivity contribution in [2.45, 2.75) is 12.8 Å². The summed E-state index contributed by atoms with van der Waals surface area (Å²) in [7, 11) is 0. The normalized spacial score (nSPS) is 11.3. The summed E-state index contributed by atoms with van der Waals surface area (Å²) in [6.07, 6.45) is -4.54. The molecule has 0 saturated carbocycles. The van der Waals surface area contributed by atoms with Crippen molar-refractivity contribution < 1.29 is 27.9 Å². The summed E-state index contributed by atoms with van der Waals surface area (Å²) in [4.78, 5) is 10.0. The lowest BCUT2D eigenvalue weighted by Gasteiger charge is -2.11. The molecule has 23 heavy (non-hydrogen) atoms. The lowest BCUT2D eigenvalue weighted by molar-refractivity contribution is -0.386. The average Bonchev–Trinajstić information content (AvgIpc) is 2.47. The Hall–Kier alpha value is -2.32. The molecule has 0 atom stereocenters. The van der Waals surface area contributed by atoms with Crippen LogP contribution in [0.4, 0.5) is 18.9 Å². The smallest absolute Gasteiger partial charge is 0.416 e. The lowest BCUT2D eigenvalue weighted by Crippen LogP contribution is -2.04. The minimum Gasteiger partial charge on any atom is -0.456 e. The minimum absolute atomic E-state index is 0.0584. The molecule has 0 aliphatic heterocycles. The van der Waals surface area contributed by atoms with Crippen LogP contribution < -0.4 is 4.74 Å². The van der Waals surface area contributed by atoms with Gasteiger partial charge < -0.3 is 4.74 Å². The molecule has 0 saturated heterocycles. The van der Waals surface area contributed by atoms with Gasteiger partial charge in [0.2, 0.25) is 0 Å². The Morgan fingerprint density at radius 2 is 1.87 bits per heavy atom. The summed E-state index contributed by atoms with van der Waals surface area (Å²) >= 11 is 5.75. The predicted molar refractivity (Wildman–Crippen MR) is 74.0 cm³/mol. The quantitative estimate of drug-likeness (QED) is 0.578. The van der Waals surface area contributed by atoms with E-state index in [1.165, 1.54) is 6.07 Å². The summed E-state index contributed by atoms with van der Waals surface area (Å²) in [5.74, 6) is -0.00604. The molecule has 0 fully saturated rings. The fraction of sp³-hybridized carbons (Fsp3) is 0.143. The van der Waals surface area contributed by atoms with Crippen molar-refractivity contribution in [3.8, 4) is 11.5 Å². The van der Waals surface area contributed by atoms with Gasteiger partial charge in [0.25, 0.3) is 5.69 Å². The highest BCUT2D eigenvalue weighted by Gasteiger charge is 2.31. The van der Waals surface area contributed by atoms with E-state index in [0.717, 1.165) is 24.3 Å². The van der Waals surface area contributed by atoms with Crippen molar-refractivity contribution in [1.29, 1.82) is 0 Å². The number of rotatable bonds is 4. The first-order valence-electron chi connectivity index (χ1n) is 6.12. The number of nitro benzene ring substituents is 1. The molecule has 5 nitrogen and oxygen atoms in total. The zero-order valence-electron chi connectivity index (χ0n) is 11.3. The Balaban J connectivity index is 2.31. The molecule has 2 aromatic carbocycles. The van der Waals surface area contributed by atoms with Crippen LogP contribution in [0, 0.1) is 10.1 Å². The fourth-order valence-electron chi connectivity index (χ4n) is 1.81. The Kier molecular flexibility index (Phi) is 4.76. The van der Waals surface area contributed by atoms with Crippen molar-refractivity contribution in [3.63, 3.8) is 0 Å². The van der Waals surface area contributed by atoms with Crippen LogP contribution in [0.3, 0.4) is 0 Å². The number of nitrogens with zero attached hydrogens (tertiary/aromatic N) is 1. The molecule has 0 heterocycles. The third kappa shape index (κ3) is 3.91. The van der Waals surface area contributed by atoms with E-state index in [4.69, 9.17) is 16.3 Å². The van der Waals surface area contributed by atoms with Crippen molar-refractivity contribution in [3.05, 3.63) is 62.7 Å². The van der Waals surface area contributed by atoms with Gasteiger partial charge in [-0.05, 0) is 30.3 Å². The number of hydrogen-bond acceptors (Lipinski definition) is 3. The number of halogens is 4. The standard InChI is InChI=1S/C14H8ClF3NO4/c15-11-6-9(14(16,17)18)1-4-13(11)23-10-2-3-12(19(21)22)8(5-10)7-20/h1-6H,7H2. The Morgan fingerprint density at radius 3 is 2.39 bits per heavy atom. The highest BCUT2D eigenvalue weighted by molar-refractivity contribution is 6.32. The van der Waals surface area contributed by atoms with Crippen LogP contribution in [0.15, 0.2) is 36.4 Å². The summed E-state index contributed by atoms with van der Waals surface area (Å²) in [5.41, 5.74) is -1.39. The largest absolute Gasteiger partial charge is 0.456 e. The molecule has 9 heteroatoms. The van der Waals surface area contributed by atoms with E-state index in [1.807, 2.05) is 0 Å².